The number of hydrogen-bond acceptors (Lipinski definition) is 5. The second-order valence-electron chi connectivity index (χ2n) is 7.15. The molecule has 0 aromatic heterocycles. The molecule has 1 heterocycles. The number of rotatable bonds is 8. The minimum absolute atomic E-state index is 0.0193. The average molecular weight is 374 g/mol. The van der Waals surface area contributed by atoms with Gasteiger partial charge in [0.05, 0.1) is 11.5 Å². The molecular weight excluding hydrogens is 342 g/mol. The third kappa shape index (κ3) is 6.26. The zero-order chi connectivity index (χ0) is 18.3. The SMILES string of the molecule is CCCNCCNC(=O)C1CCCCC1C(=O)NC1CCS(=O)(=O)C1. The molecule has 2 aliphatic rings. The van der Waals surface area contributed by atoms with Gasteiger partial charge in [-0.3, -0.25) is 9.59 Å². The molecule has 2 rings (SSSR count). The third-order valence-corrected chi connectivity index (χ3v) is 6.81. The highest BCUT2D eigenvalue weighted by Gasteiger charge is 2.37. The molecule has 0 aromatic rings. The summed E-state index contributed by atoms with van der Waals surface area (Å²) < 4.78 is 23.1. The Morgan fingerprint density at radius 3 is 2.24 bits per heavy atom. The van der Waals surface area contributed by atoms with Gasteiger partial charge in [-0.1, -0.05) is 19.8 Å². The fraction of sp³-hybridized carbons (Fsp3) is 0.882. The molecule has 25 heavy (non-hydrogen) atoms. The molecule has 3 N–H and O–H groups in total. The topological polar surface area (TPSA) is 104 Å². The van der Waals surface area contributed by atoms with Crippen LogP contribution >= 0.6 is 0 Å². The summed E-state index contributed by atoms with van der Waals surface area (Å²) in [6, 6.07) is -0.304. The molecule has 0 radical (unpaired) electrons. The van der Waals surface area contributed by atoms with Gasteiger partial charge in [-0.25, -0.2) is 8.42 Å². The van der Waals surface area contributed by atoms with E-state index >= 15 is 0 Å². The summed E-state index contributed by atoms with van der Waals surface area (Å²) in [7, 11) is -3.02. The van der Waals surface area contributed by atoms with Crippen molar-refractivity contribution < 1.29 is 18.0 Å². The van der Waals surface area contributed by atoms with E-state index in [0.29, 0.717) is 19.4 Å². The third-order valence-electron chi connectivity index (χ3n) is 5.05. The highest BCUT2D eigenvalue weighted by atomic mass is 32.2. The Morgan fingerprint density at radius 1 is 0.960 bits per heavy atom. The lowest BCUT2D eigenvalue weighted by atomic mass is 9.78. The van der Waals surface area contributed by atoms with Gasteiger partial charge in [0.25, 0.3) is 0 Å². The number of nitrogens with one attached hydrogen (secondary N) is 3. The molecule has 1 saturated carbocycles. The first-order valence-electron chi connectivity index (χ1n) is 9.42. The Morgan fingerprint density at radius 2 is 1.64 bits per heavy atom. The number of sulfone groups is 1. The number of carbonyl (C=O) groups excluding carboxylic acids is 2. The molecule has 2 amide bonds. The highest BCUT2D eigenvalue weighted by molar-refractivity contribution is 7.91. The Bertz CT molecular complexity index is 564. The van der Waals surface area contributed by atoms with Gasteiger partial charge in [0.15, 0.2) is 9.84 Å². The minimum atomic E-state index is -3.02. The van der Waals surface area contributed by atoms with Crippen molar-refractivity contribution in [2.24, 2.45) is 11.8 Å². The van der Waals surface area contributed by atoms with E-state index in [1.165, 1.54) is 0 Å². The first kappa shape index (κ1) is 20.2. The molecule has 3 unspecified atom stereocenters. The van der Waals surface area contributed by atoms with Crippen LogP contribution in [0.5, 0.6) is 0 Å². The molecule has 0 aromatic carbocycles. The summed E-state index contributed by atoms with van der Waals surface area (Å²) in [6.45, 7) is 4.30. The molecule has 0 spiro atoms. The summed E-state index contributed by atoms with van der Waals surface area (Å²) in [6.07, 6.45) is 4.82. The predicted octanol–water partition coefficient (Wildman–Crippen LogP) is 0.212. The first-order chi connectivity index (χ1) is 11.9. The van der Waals surface area contributed by atoms with E-state index in [1.54, 1.807) is 0 Å². The Hall–Kier alpha value is -1.15. The highest BCUT2D eigenvalue weighted by Crippen LogP contribution is 2.30. The smallest absolute Gasteiger partial charge is 0.224 e. The lowest BCUT2D eigenvalue weighted by Crippen LogP contribution is -2.47. The quantitative estimate of drug-likeness (QED) is 0.528. The first-order valence-corrected chi connectivity index (χ1v) is 11.2. The lowest BCUT2D eigenvalue weighted by molar-refractivity contribution is -0.136. The molecule has 3 atom stereocenters. The van der Waals surface area contributed by atoms with Crippen LogP contribution in [-0.2, 0) is 19.4 Å². The van der Waals surface area contributed by atoms with Crippen LogP contribution in [0.15, 0.2) is 0 Å². The van der Waals surface area contributed by atoms with E-state index in [-0.39, 0.29) is 41.2 Å². The van der Waals surface area contributed by atoms with Crippen LogP contribution in [0.25, 0.3) is 0 Å². The van der Waals surface area contributed by atoms with Crippen LogP contribution in [0.4, 0.5) is 0 Å². The van der Waals surface area contributed by atoms with Crippen LogP contribution in [0.1, 0.15) is 45.4 Å². The molecule has 1 saturated heterocycles. The monoisotopic (exact) mass is 373 g/mol. The zero-order valence-corrected chi connectivity index (χ0v) is 15.9. The van der Waals surface area contributed by atoms with Crippen molar-refractivity contribution >= 4 is 21.7 Å². The van der Waals surface area contributed by atoms with Gasteiger partial charge in [-0.05, 0) is 32.2 Å². The molecule has 144 valence electrons. The fourth-order valence-electron chi connectivity index (χ4n) is 3.68. The van der Waals surface area contributed by atoms with Crippen LogP contribution < -0.4 is 16.0 Å². The second-order valence-corrected chi connectivity index (χ2v) is 9.38. The summed E-state index contributed by atoms with van der Waals surface area (Å²) in [5.74, 6) is -0.718. The van der Waals surface area contributed by atoms with Crippen molar-refractivity contribution in [3.05, 3.63) is 0 Å². The van der Waals surface area contributed by atoms with Crippen LogP contribution in [-0.4, -0.2) is 57.4 Å². The molecule has 8 heteroatoms. The number of hydrogen-bond donors (Lipinski definition) is 3. The van der Waals surface area contributed by atoms with Crippen molar-refractivity contribution in [3.8, 4) is 0 Å². The molecule has 7 nitrogen and oxygen atoms in total. The summed E-state index contributed by atoms with van der Waals surface area (Å²) in [5.41, 5.74) is 0. The van der Waals surface area contributed by atoms with E-state index in [9.17, 15) is 18.0 Å². The van der Waals surface area contributed by atoms with Crippen molar-refractivity contribution in [1.82, 2.24) is 16.0 Å². The summed E-state index contributed by atoms with van der Waals surface area (Å²) in [4.78, 5) is 25.1. The zero-order valence-electron chi connectivity index (χ0n) is 15.1. The summed E-state index contributed by atoms with van der Waals surface area (Å²) >= 11 is 0. The normalized spacial score (nSPS) is 28.4. The average Bonchev–Trinajstić information content (AvgIpc) is 2.93. The van der Waals surface area contributed by atoms with Crippen LogP contribution in [0.3, 0.4) is 0 Å². The van der Waals surface area contributed by atoms with Gasteiger partial charge < -0.3 is 16.0 Å². The van der Waals surface area contributed by atoms with Gasteiger partial charge in [0.2, 0.25) is 11.8 Å². The van der Waals surface area contributed by atoms with Gasteiger partial charge in [0.1, 0.15) is 0 Å². The van der Waals surface area contributed by atoms with Gasteiger partial charge in [0, 0.05) is 31.0 Å². The van der Waals surface area contributed by atoms with Gasteiger partial charge >= 0.3 is 0 Å². The van der Waals surface area contributed by atoms with Crippen molar-refractivity contribution in [3.63, 3.8) is 0 Å². The maximum absolute atomic E-state index is 12.6. The maximum atomic E-state index is 12.6. The van der Waals surface area contributed by atoms with Crippen LogP contribution in [0, 0.1) is 11.8 Å². The molecule has 0 bridgehead atoms. The standard InChI is InChI=1S/C17H31N3O4S/c1-2-8-18-9-10-19-16(21)14-5-3-4-6-15(14)17(22)20-13-7-11-25(23,24)12-13/h13-15,18H,2-12H2,1H3,(H,19,21)(H,20,22). The number of amides is 2. The van der Waals surface area contributed by atoms with E-state index in [1.807, 2.05) is 0 Å². The van der Waals surface area contributed by atoms with Crippen molar-refractivity contribution in [2.75, 3.05) is 31.1 Å². The number of carbonyl (C=O) groups is 2. The molecule has 2 fully saturated rings. The Balaban J connectivity index is 1.84. The lowest BCUT2D eigenvalue weighted by Gasteiger charge is -2.30. The van der Waals surface area contributed by atoms with E-state index < -0.39 is 9.84 Å². The van der Waals surface area contributed by atoms with Crippen molar-refractivity contribution in [2.45, 2.75) is 51.5 Å². The molecular formula is C17H31N3O4S. The van der Waals surface area contributed by atoms with E-state index in [2.05, 4.69) is 22.9 Å². The van der Waals surface area contributed by atoms with Crippen LogP contribution in [0.2, 0.25) is 0 Å². The Labute approximate surface area is 150 Å². The van der Waals surface area contributed by atoms with Crippen molar-refractivity contribution in [1.29, 1.82) is 0 Å². The largest absolute Gasteiger partial charge is 0.355 e. The maximum Gasteiger partial charge on any atom is 0.224 e. The van der Waals surface area contributed by atoms with E-state index in [4.69, 9.17) is 0 Å². The second kappa shape index (κ2) is 9.52. The van der Waals surface area contributed by atoms with E-state index in [0.717, 1.165) is 38.8 Å². The molecule has 1 aliphatic carbocycles. The fourth-order valence-corrected chi connectivity index (χ4v) is 5.36. The minimum Gasteiger partial charge on any atom is -0.355 e. The summed E-state index contributed by atoms with van der Waals surface area (Å²) in [5, 5.41) is 9.02. The molecule has 1 aliphatic heterocycles. The van der Waals surface area contributed by atoms with Gasteiger partial charge in [-0.2, -0.15) is 0 Å². The predicted molar refractivity (Wildman–Crippen MR) is 96.8 cm³/mol. The Kier molecular flexibility index (Phi) is 7.68. The van der Waals surface area contributed by atoms with Gasteiger partial charge in [-0.15, -0.1) is 0 Å².